The zero-order chi connectivity index (χ0) is 13.1. The Bertz CT molecular complexity index is 601. The van der Waals surface area contributed by atoms with Gasteiger partial charge in [-0.15, -0.1) is 11.8 Å². The molecule has 0 amide bonds. The molecular formula is C13H10ClNO2S. The number of pyridine rings is 1. The molecule has 0 bridgehead atoms. The molecule has 1 aromatic carbocycles. The second-order valence-corrected chi connectivity index (χ2v) is 4.79. The smallest absolute Gasteiger partial charge is 0.336 e. The first kappa shape index (κ1) is 12.9. The number of aromatic carboxylic acids is 1. The summed E-state index contributed by atoms with van der Waals surface area (Å²) < 4.78 is 0. The van der Waals surface area contributed by atoms with E-state index in [4.69, 9.17) is 11.6 Å². The molecule has 0 radical (unpaired) electrons. The third kappa shape index (κ3) is 2.49. The van der Waals surface area contributed by atoms with Gasteiger partial charge in [-0.1, -0.05) is 29.8 Å². The van der Waals surface area contributed by atoms with Crippen molar-refractivity contribution < 1.29 is 9.90 Å². The van der Waals surface area contributed by atoms with Gasteiger partial charge in [0.1, 0.15) is 5.15 Å². The third-order valence-corrected chi connectivity index (χ3v) is 3.50. The van der Waals surface area contributed by atoms with E-state index in [1.165, 1.54) is 12.3 Å². The fourth-order valence-electron chi connectivity index (χ4n) is 1.69. The Balaban J connectivity index is 2.67. The third-order valence-electron chi connectivity index (χ3n) is 2.50. The SMILES string of the molecule is CSc1ccccc1-c1cnc(Cl)cc1C(=O)O. The Hall–Kier alpha value is -1.52. The molecule has 1 heterocycles. The molecule has 18 heavy (non-hydrogen) atoms. The zero-order valence-corrected chi connectivity index (χ0v) is 11.1. The molecule has 1 N–H and O–H groups in total. The van der Waals surface area contributed by atoms with Gasteiger partial charge >= 0.3 is 5.97 Å². The average Bonchev–Trinajstić information content (AvgIpc) is 2.38. The fraction of sp³-hybridized carbons (Fsp3) is 0.0769. The number of hydrogen-bond acceptors (Lipinski definition) is 3. The number of carbonyl (C=O) groups is 1. The fourth-order valence-corrected chi connectivity index (χ4v) is 2.46. The van der Waals surface area contributed by atoms with E-state index in [0.29, 0.717) is 5.56 Å². The molecule has 0 aliphatic rings. The molecule has 92 valence electrons. The summed E-state index contributed by atoms with van der Waals surface area (Å²) >= 11 is 7.30. The zero-order valence-electron chi connectivity index (χ0n) is 9.55. The Morgan fingerprint density at radius 3 is 2.72 bits per heavy atom. The topological polar surface area (TPSA) is 50.2 Å². The molecule has 0 atom stereocenters. The molecule has 5 heteroatoms. The highest BCUT2D eigenvalue weighted by Gasteiger charge is 2.15. The minimum atomic E-state index is -1.01. The van der Waals surface area contributed by atoms with Crippen LogP contribution >= 0.6 is 23.4 Å². The first-order chi connectivity index (χ1) is 8.63. The van der Waals surface area contributed by atoms with E-state index < -0.39 is 5.97 Å². The summed E-state index contributed by atoms with van der Waals surface area (Å²) in [7, 11) is 0. The van der Waals surface area contributed by atoms with Gasteiger partial charge in [0.2, 0.25) is 0 Å². The van der Waals surface area contributed by atoms with E-state index in [0.717, 1.165) is 10.5 Å². The van der Waals surface area contributed by atoms with Crippen molar-refractivity contribution in [2.24, 2.45) is 0 Å². The Morgan fingerprint density at radius 2 is 2.06 bits per heavy atom. The van der Waals surface area contributed by atoms with Crippen molar-refractivity contribution in [2.45, 2.75) is 4.90 Å². The lowest BCUT2D eigenvalue weighted by atomic mass is 10.0. The average molecular weight is 280 g/mol. The molecule has 3 nitrogen and oxygen atoms in total. The van der Waals surface area contributed by atoms with Crippen LogP contribution in [-0.2, 0) is 0 Å². The maximum atomic E-state index is 11.3. The molecule has 0 fully saturated rings. The highest BCUT2D eigenvalue weighted by molar-refractivity contribution is 7.98. The largest absolute Gasteiger partial charge is 0.478 e. The van der Waals surface area contributed by atoms with Crippen molar-refractivity contribution in [3.8, 4) is 11.1 Å². The van der Waals surface area contributed by atoms with Gasteiger partial charge in [-0.3, -0.25) is 0 Å². The summed E-state index contributed by atoms with van der Waals surface area (Å²) in [5, 5.41) is 9.40. The number of carboxylic acid groups (broad SMARTS) is 1. The Kier molecular flexibility index (Phi) is 3.89. The summed E-state index contributed by atoms with van der Waals surface area (Å²) in [5.41, 5.74) is 1.60. The van der Waals surface area contributed by atoms with Gasteiger partial charge in [-0.05, 0) is 24.0 Å². The highest BCUT2D eigenvalue weighted by Crippen LogP contribution is 2.32. The van der Waals surface area contributed by atoms with Crippen molar-refractivity contribution in [3.63, 3.8) is 0 Å². The quantitative estimate of drug-likeness (QED) is 0.685. The lowest BCUT2D eigenvalue weighted by Crippen LogP contribution is -2.01. The molecule has 2 rings (SSSR count). The van der Waals surface area contributed by atoms with Crippen molar-refractivity contribution in [2.75, 3.05) is 6.26 Å². The minimum Gasteiger partial charge on any atom is -0.478 e. The molecular weight excluding hydrogens is 270 g/mol. The van der Waals surface area contributed by atoms with Crippen LogP contribution in [0.3, 0.4) is 0 Å². The molecule has 0 aliphatic heterocycles. The molecule has 0 spiro atoms. The van der Waals surface area contributed by atoms with Gasteiger partial charge in [-0.2, -0.15) is 0 Å². The molecule has 0 saturated carbocycles. The first-order valence-corrected chi connectivity index (χ1v) is 6.76. The van der Waals surface area contributed by atoms with Crippen LogP contribution in [0.2, 0.25) is 5.15 Å². The van der Waals surface area contributed by atoms with E-state index in [9.17, 15) is 9.90 Å². The summed E-state index contributed by atoms with van der Waals surface area (Å²) in [4.78, 5) is 16.2. The molecule has 0 aliphatic carbocycles. The number of benzene rings is 1. The van der Waals surface area contributed by atoms with E-state index in [-0.39, 0.29) is 10.7 Å². The van der Waals surface area contributed by atoms with Gasteiger partial charge in [0.05, 0.1) is 5.56 Å². The first-order valence-electron chi connectivity index (χ1n) is 5.15. The van der Waals surface area contributed by atoms with Crippen LogP contribution in [-0.4, -0.2) is 22.3 Å². The van der Waals surface area contributed by atoms with Crippen LogP contribution in [0.4, 0.5) is 0 Å². The van der Waals surface area contributed by atoms with Crippen molar-refractivity contribution in [1.82, 2.24) is 4.98 Å². The number of nitrogens with zero attached hydrogens (tertiary/aromatic N) is 1. The van der Waals surface area contributed by atoms with Crippen LogP contribution in [0.25, 0.3) is 11.1 Å². The lowest BCUT2D eigenvalue weighted by Gasteiger charge is -2.10. The number of halogens is 1. The normalized spacial score (nSPS) is 10.3. The summed E-state index contributed by atoms with van der Waals surface area (Å²) in [6.07, 6.45) is 3.45. The van der Waals surface area contributed by atoms with Crippen molar-refractivity contribution in [1.29, 1.82) is 0 Å². The van der Waals surface area contributed by atoms with E-state index >= 15 is 0 Å². The summed E-state index contributed by atoms with van der Waals surface area (Å²) in [6.45, 7) is 0. The number of hydrogen-bond donors (Lipinski definition) is 1. The number of carboxylic acids is 1. The van der Waals surface area contributed by atoms with Gasteiger partial charge in [0, 0.05) is 16.7 Å². The standard InChI is InChI=1S/C13H10ClNO2S/c1-18-11-5-3-2-4-8(11)10-7-15-12(14)6-9(10)13(16)17/h2-7H,1H3,(H,16,17). The number of aromatic nitrogens is 1. The second kappa shape index (κ2) is 5.42. The lowest BCUT2D eigenvalue weighted by molar-refractivity contribution is 0.0697. The summed E-state index contributed by atoms with van der Waals surface area (Å²) in [6, 6.07) is 8.98. The number of thioether (sulfide) groups is 1. The molecule has 0 unspecified atom stereocenters. The van der Waals surface area contributed by atoms with Crippen LogP contribution in [0, 0.1) is 0 Å². The van der Waals surface area contributed by atoms with E-state index in [1.54, 1.807) is 11.8 Å². The monoisotopic (exact) mass is 279 g/mol. The molecule has 2 aromatic rings. The molecule has 0 saturated heterocycles. The number of rotatable bonds is 3. The van der Waals surface area contributed by atoms with E-state index in [2.05, 4.69) is 4.98 Å². The maximum absolute atomic E-state index is 11.3. The predicted octanol–water partition coefficient (Wildman–Crippen LogP) is 3.82. The molecule has 1 aromatic heterocycles. The van der Waals surface area contributed by atoms with Crippen molar-refractivity contribution >= 4 is 29.3 Å². The van der Waals surface area contributed by atoms with Crippen LogP contribution in [0.1, 0.15) is 10.4 Å². The van der Waals surface area contributed by atoms with E-state index in [1.807, 2.05) is 30.5 Å². The minimum absolute atomic E-state index is 0.163. The van der Waals surface area contributed by atoms with Gasteiger partial charge in [0.25, 0.3) is 0 Å². The van der Waals surface area contributed by atoms with Crippen LogP contribution in [0.15, 0.2) is 41.4 Å². The van der Waals surface area contributed by atoms with Gasteiger partial charge < -0.3 is 5.11 Å². The van der Waals surface area contributed by atoms with Gasteiger partial charge in [0.15, 0.2) is 0 Å². The Labute approximate surface area is 114 Å². The summed E-state index contributed by atoms with van der Waals surface area (Å²) in [5.74, 6) is -1.01. The van der Waals surface area contributed by atoms with Crippen LogP contribution in [0.5, 0.6) is 0 Å². The maximum Gasteiger partial charge on any atom is 0.336 e. The second-order valence-electron chi connectivity index (χ2n) is 3.56. The van der Waals surface area contributed by atoms with Gasteiger partial charge in [-0.25, -0.2) is 9.78 Å². The van der Waals surface area contributed by atoms with Crippen LogP contribution < -0.4 is 0 Å². The Morgan fingerprint density at radius 1 is 1.33 bits per heavy atom. The predicted molar refractivity (Wildman–Crippen MR) is 73.4 cm³/mol. The highest BCUT2D eigenvalue weighted by atomic mass is 35.5. The van der Waals surface area contributed by atoms with Crippen molar-refractivity contribution in [3.05, 3.63) is 47.2 Å².